The molecule has 0 aromatic heterocycles. The van der Waals surface area contributed by atoms with Crippen LogP contribution in [0.2, 0.25) is 0 Å². The molecular formula is C13H18N2O2S. The zero-order chi connectivity index (χ0) is 13.1. The standard InChI is InChI=1S/C13H18N2O2S/c1-8-3-4-10(13(14)15-16)12(7-8)18-11-5-6-17-9(11)2/h3-4,7,9,11,16H,5-6H2,1-2H3,(H2,14,15). The highest BCUT2D eigenvalue weighted by Gasteiger charge is 2.26. The van der Waals surface area contributed by atoms with E-state index in [9.17, 15) is 0 Å². The third-order valence-corrected chi connectivity index (χ3v) is 4.62. The summed E-state index contributed by atoms with van der Waals surface area (Å²) >= 11 is 1.75. The van der Waals surface area contributed by atoms with Crippen LogP contribution in [0.15, 0.2) is 28.3 Å². The lowest BCUT2D eigenvalue weighted by atomic mass is 10.1. The molecule has 0 saturated carbocycles. The van der Waals surface area contributed by atoms with Crippen LogP contribution < -0.4 is 5.73 Å². The largest absolute Gasteiger partial charge is 0.409 e. The highest BCUT2D eigenvalue weighted by atomic mass is 32.2. The van der Waals surface area contributed by atoms with E-state index >= 15 is 0 Å². The quantitative estimate of drug-likeness (QED) is 0.381. The summed E-state index contributed by atoms with van der Waals surface area (Å²) in [4.78, 5) is 1.05. The molecule has 2 atom stereocenters. The Morgan fingerprint density at radius 3 is 2.94 bits per heavy atom. The molecule has 2 unspecified atom stereocenters. The molecule has 1 aliphatic heterocycles. The fourth-order valence-corrected chi connectivity index (χ4v) is 3.39. The third kappa shape index (κ3) is 2.79. The molecule has 0 amide bonds. The van der Waals surface area contributed by atoms with E-state index in [0.717, 1.165) is 23.5 Å². The molecule has 3 N–H and O–H groups in total. The van der Waals surface area contributed by atoms with Crippen molar-refractivity contribution in [1.29, 1.82) is 0 Å². The van der Waals surface area contributed by atoms with Gasteiger partial charge in [0.15, 0.2) is 5.84 Å². The number of oxime groups is 1. The Labute approximate surface area is 111 Å². The van der Waals surface area contributed by atoms with Crippen molar-refractivity contribution in [2.45, 2.75) is 36.5 Å². The molecule has 5 heteroatoms. The fraction of sp³-hybridized carbons (Fsp3) is 0.462. The van der Waals surface area contributed by atoms with E-state index in [-0.39, 0.29) is 11.9 Å². The molecule has 2 rings (SSSR count). The first kappa shape index (κ1) is 13.2. The fourth-order valence-electron chi connectivity index (χ4n) is 2.02. The molecule has 0 spiro atoms. The van der Waals surface area contributed by atoms with Crippen LogP contribution in [0.25, 0.3) is 0 Å². The Morgan fingerprint density at radius 1 is 1.56 bits per heavy atom. The second-order valence-electron chi connectivity index (χ2n) is 4.51. The Morgan fingerprint density at radius 2 is 2.33 bits per heavy atom. The number of rotatable bonds is 3. The van der Waals surface area contributed by atoms with Crippen LogP contribution in [0.3, 0.4) is 0 Å². The monoisotopic (exact) mass is 266 g/mol. The van der Waals surface area contributed by atoms with Crippen molar-refractivity contribution >= 4 is 17.6 Å². The van der Waals surface area contributed by atoms with E-state index in [2.05, 4.69) is 18.1 Å². The molecule has 1 heterocycles. The van der Waals surface area contributed by atoms with Crippen molar-refractivity contribution in [3.63, 3.8) is 0 Å². The minimum absolute atomic E-state index is 0.157. The van der Waals surface area contributed by atoms with Crippen LogP contribution in [0.1, 0.15) is 24.5 Å². The van der Waals surface area contributed by atoms with E-state index < -0.39 is 0 Å². The topological polar surface area (TPSA) is 67.8 Å². The Balaban J connectivity index is 2.27. The van der Waals surface area contributed by atoms with Gasteiger partial charge in [0.05, 0.1) is 6.10 Å². The van der Waals surface area contributed by atoms with Crippen LogP contribution in [0.5, 0.6) is 0 Å². The number of benzene rings is 1. The summed E-state index contributed by atoms with van der Waals surface area (Å²) in [7, 11) is 0. The molecule has 1 aromatic rings. The van der Waals surface area contributed by atoms with Crippen molar-refractivity contribution in [2.75, 3.05) is 6.61 Å². The minimum Gasteiger partial charge on any atom is -0.409 e. The summed E-state index contributed by atoms with van der Waals surface area (Å²) in [5, 5.41) is 12.3. The highest BCUT2D eigenvalue weighted by Crippen LogP contribution is 2.34. The van der Waals surface area contributed by atoms with Crippen LogP contribution in [0, 0.1) is 6.92 Å². The smallest absolute Gasteiger partial charge is 0.171 e. The predicted octanol–water partition coefficient (Wildman–Crippen LogP) is 2.36. The van der Waals surface area contributed by atoms with Gasteiger partial charge in [-0.1, -0.05) is 11.2 Å². The van der Waals surface area contributed by atoms with Gasteiger partial charge in [-0.25, -0.2) is 0 Å². The Hall–Kier alpha value is -1.20. The van der Waals surface area contributed by atoms with Gasteiger partial charge in [-0.15, -0.1) is 11.8 Å². The predicted molar refractivity (Wildman–Crippen MR) is 73.4 cm³/mol. The number of nitrogens with two attached hydrogens (primary N) is 1. The van der Waals surface area contributed by atoms with E-state index in [4.69, 9.17) is 15.7 Å². The van der Waals surface area contributed by atoms with Gasteiger partial charge in [0, 0.05) is 22.3 Å². The molecule has 0 aliphatic carbocycles. The molecule has 1 aromatic carbocycles. The minimum atomic E-state index is 0.157. The normalized spacial score (nSPS) is 24.4. The van der Waals surface area contributed by atoms with Gasteiger partial charge >= 0.3 is 0 Å². The second kappa shape index (κ2) is 5.63. The summed E-state index contributed by atoms with van der Waals surface area (Å²) < 4.78 is 5.56. The average molecular weight is 266 g/mol. The number of thioether (sulfide) groups is 1. The van der Waals surface area contributed by atoms with E-state index in [1.54, 1.807) is 11.8 Å². The number of hydrogen-bond acceptors (Lipinski definition) is 4. The maximum Gasteiger partial charge on any atom is 0.171 e. The van der Waals surface area contributed by atoms with Crippen molar-refractivity contribution in [1.82, 2.24) is 0 Å². The number of ether oxygens (including phenoxy) is 1. The molecule has 0 bridgehead atoms. The maximum absolute atomic E-state index is 8.82. The summed E-state index contributed by atoms with van der Waals surface area (Å²) in [5.41, 5.74) is 7.66. The average Bonchev–Trinajstić information content (AvgIpc) is 2.74. The lowest BCUT2D eigenvalue weighted by Crippen LogP contribution is -2.17. The maximum atomic E-state index is 8.82. The Kier molecular flexibility index (Phi) is 4.14. The molecule has 1 aliphatic rings. The van der Waals surface area contributed by atoms with Gasteiger partial charge in [-0.05, 0) is 38.0 Å². The van der Waals surface area contributed by atoms with E-state index in [1.165, 1.54) is 5.56 Å². The lowest BCUT2D eigenvalue weighted by Gasteiger charge is -2.16. The third-order valence-electron chi connectivity index (χ3n) is 3.11. The van der Waals surface area contributed by atoms with Crippen LogP contribution in [0.4, 0.5) is 0 Å². The first-order chi connectivity index (χ1) is 8.61. The summed E-state index contributed by atoms with van der Waals surface area (Å²) in [6, 6.07) is 5.93. The highest BCUT2D eigenvalue weighted by molar-refractivity contribution is 8.00. The van der Waals surface area contributed by atoms with Gasteiger partial charge in [-0.3, -0.25) is 0 Å². The van der Waals surface area contributed by atoms with Crippen molar-refractivity contribution in [2.24, 2.45) is 10.9 Å². The number of aryl methyl sites for hydroxylation is 1. The molecular weight excluding hydrogens is 248 g/mol. The zero-order valence-corrected chi connectivity index (χ0v) is 11.4. The summed E-state index contributed by atoms with van der Waals surface area (Å²) in [6.07, 6.45) is 1.28. The molecule has 18 heavy (non-hydrogen) atoms. The van der Waals surface area contributed by atoms with Gasteiger partial charge in [-0.2, -0.15) is 0 Å². The molecule has 4 nitrogen and oxygen atoms in total. The summed E-state index contributed by atoms with van der Waals surface area (Å²) in [6.45, 7) is 4.93. The SMILES string of the molecule is Cc1ccc(/C(N)=N/O)c(SC2CCOC2C)c1. The number of hydrogen-bond donors (Lipinski definition) is 2. The van der Waals surface area contributed by atoms with Crippen LogP contribution in [-0.2, 0) is 4.74 Å². The molecule has 1 saturated heterocycles. The van der Waals surface area contributed by atoms with E-state index in [0.29, 0.717) is 5.25 Å². The number of nitrogens with zero attached hydrogens (tertiary/aromatic N) is 1. The van der Waals surface area contributed by atoms with Gasteiger partial charge < -0.3 is 15.7 Å². The molecule has 1 fully saturated rings. The van der Waals surface area contributed by atoms with Crippen LogP contribution in [-0.4, -0.2) is 29.0 Å². The van der Waals surface area contributed by atoms with Crippen molar-refractivity contribution < 1.29 is 9.94 Å². The Bertz CT molecular complexity index is 462. The van der Waals surface area contributed by atoms with Crippen LogP contribution >= 0.6 is 11.8 Å². The number of amidine groups is 1. The van der Waals surface area contributed by atoms with Gasteiger partial charge in [0.25, 0.3) is 0 Å². The van der Waals surface area contributed by atoms with E-state index in [1.807, 2.05) is 19.1 Å². The van der Waals surface area contributed by atoms with Gasteiger partial charge in [0.1, 0.15) is 0 Å². The molecule has 98 valence electrons. The first-order valence-electron chi connectivity index (χ1n) is 5.98. The first-order valence-corrected chi connectivity index (χ1v) is 6.86. The van der Waals surface area contributed by atoms with Crippen molar-refractivity contribution in [3.8, 4) is 0 Å². The zero-order valence-electron chi connectivity index (χ0n) is 10.6. The lowest BCUT2D eigenvalue weighted by molar-refractivity contribution is 0.127. The molecule has 0 radical (unpaired) electrons. The second-order valence-corrected chi connectivity index (χ2v) is 5.79. The van der Waals surface area contributed by atoms with Crippen molar-refractivity contribution in [3.05, 3.63) is 29.3 Å². The van der Waals surface area contributed by atoms with Gasteiger partial charge in [0.2, 0.25) is 0 Å². The summed E-state index contributed by atoms with van der Waals surface area (Å²) in [5.74, 6) is 0.157.